The number of hydrogen-bond acceptors (Lipinski definition) is 3. The minimum absolute atomic E-state index is 0.0337. The van der Waals surface area contributed by atoms with E-state index in [1.54, 1.807) is 18.4 Å². The van der Waals surface area contributed by atoms with Crippen LogP contribution in [0.2, 0.25) is 0 Å². The number of hydrogen-bond donors (Lipinski definition) is 1. The van der Waals surface area contributed by atoms with Crippen molar-refractivity contribution in [3.63, 3.8) is 0 Å². The Morgan fingerprint density at radius 2 is 2.06 bits per heavy atom. The van der Waals surface area contributed by atoms with Crippen molar-refractivity contribution in [2.45, 2.75) is 12.8 Å². The topological polar surface area (TPSA) is 38.3 Å². The average molecular weight is 261 g/mol. The molecule has 1 N–H and O–H groups in total. The predicted octanol–water partition coefficient (Wildman–Crippen LogP) is 3.33. The summed E-state index contributed by atoms with van der Waals surface area (Å²) < 4.78 is 5.06. The molecule has 0 saturated carbocycles. The van der Waals surface area contributed by atoms with E-state index in [2.05, 4.69) is 10.7 Å². The lowest BCUT2D eigenvalue weighted by molar-refractivity contribution is -0.116. The summed E-state index contributed by atoms with van der Waals surface area (Å²) in [6.45, 7) is 0. The first-order valence-electron chi connectivity index (χ1n) is 5.73. The van der Waals surface area contributed by atoms with Crippen molar-refractivity contribution in [2.24, 2.45) is 0 Å². The Balaban J connectivity index is 1.83. The maximum absolute atomic E-state index is 11.7. The number of benzene rings is 1. The first kappa shape index (κ1) is 12.6. The van der Waals surface area contributed by atoms with Gasteiger partial charge in [0.1, 0.15) is 5.75 Å². The van der Waals surface area contributed by atoms with Gasteiger partial charge in [0.25, 0.3) is 0 Å². The lowest BCUT2D eigenvalue weighted by atomic mass is 10.2. The monoisotopic (exact) mass is 261 g/mol. The Bertz CT molecular complexity index is 491. The maximum Gasteiger partial charge on any atom is 0.224 e. The van der Waals surface area contributed by atoms with Gasteiger partial charge in [-0.1, -0.05) is 0 Å². The van der Waals surface area contributed by atoms with Crippen LogP contribution in [-0.2, 0) is 11.2 Å². The molecule has 0 fully saturated rings. The van der Waals surface area contributed by atoms with Crippen molar-refractivity contribution < 1.29 is 9.53 Å². The van der Waals surface area contributed by atoms with E-state index in [0.717, 1.165) is 17.9 Å². The van der Waals surface area contributed by atoms with Crippen LogP contribution in [-0.4, -0.2) is 13.0 Å². The first-order valence-corrected chi connectivity index (χ1v) is 6.67. The second-order valence-electron chi connectivity index (χ2n) is 3.91. The Hall–Kier alpha value is -1.81. The molecule has 0 spiro atoms. The van der Waals surface area contributed by atoms with Crippen LogP contribution < -0.4 is 10.1 Å². The SMILES string of the molecule is COc1ccc(NC(=O)CCc2ccsc2)cc1. The summed E-state index contributed by atoms with van der Waals surface area (Å²) >= 11 is 1.65. The number of aryl methyl sites for hydroxylation is 1. The summed E-state index contributed by atoms with van der Waals surface area (Å²) in [5.41, 5.74) is 2.01. The molecule has 0 aliphatic rings. The van der Waals surface area contributed by atoms with Gasteiger partial charge in [-0.2, -0.15) is 11.3 Å². The molecular formula is C14H15NO2S. The number of carbonyl (C=O) groups is 1. The van der Waals surface area contributed by atoms with Gasteiger partial charge >= 0.3 is 0 Å². The molecule has 0 atom stereocenters. The molecule has 0 aliphatic heterocycles. The third-order valence-corrected chi connectivity index (χ3v) is 3.33. The lowest BCUT2D eigenvalue weighted by Crippen LogP contribution is -2.12. The summed E-state index contributed by atoms with van der Waals surface area (Å²) in [6.07, 6.45) is 1.29. The molecule has 18 heavy (non-hydrogen) atoms. The van der Waals surface area contributed by atoms with Crippen molar-refractivity contribution in [1.29, 1.82) is 0 Å². The summed E-state index contributed by atoms with van der Waals surface area (Å²) in [5.74, 6) is 0.817. The molecule has 1 heterocycles. The fourth-order valence-corrected chi connectivity index (χ4v) is 2.29. The minimum atomic E-state index is 0.0337. The van der Waals surface area contributed by atoms with Crippen LogP contribution in [0.25, 0.3) is 0 Å². The van der Waals surface area contributed by atoms with E-state index in [-0.39, 0.29) is 5.91 Å². The van der Waals surface area contributed by atoms with Crippen LogP contribution in [0.4, 0.5) is 5.69 Å². The highest BCUT2D eigenvalue weighted by Gasteiger charge is 2.03. The van der Waals surface area contributed by atoms with Crippen LogP contribution in [0.15, 0.2) is 41.1 Å². The van der Waals surface area contributed by atoms with Crippen molar-refractivity contribution in [3.8, 4) is 5.75 Å². The molecule has 0 aliphatic carbocycles. The molecule has 1 aromatic carbocycles. The lowest BCUT2D eigenvalue weighted by Gasteiger charge is -2.05. The Morgan fingerprint density at radius 1 is 1.28 bits per heavy atom. The van der Waals surface area contributed by atoms with E-state index in [1.165, 1.54) is 5.56 Å². The number of methoxy groups -OCH3 is 1. The van der Waals surface area contributed by atoms with Gasteiger partial charge in [-0.15, -0.1) is 0 Å². The van der Waals surface area contributed by atoms with E-state index in [1.807, 2.05) is 35.7 Å². The van der Waals surface area contributed by atoms with Crippen molar-refractivity contribution in [1.82, 2.24) is 0 Å². The van der Waals surface area contributed by atoms with Crippen LogP contribution in [0.3, 0.4) is 0 Å². The molecule has 0 radical (unpaired) electrons. The van der Waals surface area contributed by atoms with E-state index < -0.39 is 0 Å². The predicted molar refractivity (Wildman–Crippen MR) is 74.3 cm³/mol. The maximum atomic E-state index is 11.7. The number of nitrogens with one attached hydrogen (secondary N) is 1. The summed E-state index contributed by atoms with van der Waals surface area (Å²) in [7, 11) is 1.62. The Kier molecular flexibility index (Phi) is 4.36. The van der Waals surface area contributed by atoms with Crippen molar-refractivity contribution >= 4 is 22.9 Å². The van der Waals surface area contributed by atoms with Gasteiger partial charge in [-0.05, 0) is 53.1 Å². The number of anilines is 1. The van der Waals surface area contributed by atoms with E-state index >= 15 is 0 Å². The van der Waals surface area contributed by atoms with Crippen LogP contribution in [0.1, 0.15) is 12.0 Å². The molecule has 1 amide bonds. The van der Waals surface area contributed by atoms with Gasteiger partial charge in [0.2, 0.25) is 5.91 Å². The van der Waals surface area contributed by atoms with E-state index in [0.29, 0.717) is 6.42 Å². The molecule has 2 aromatic rings. The zero-order valence-corrected chi connectivity index (χ0v) is 11.0. The second-order valence-corrected chi connectivity index (χ2v) is 4.69. The summed E-state index contributed by atoms with van der Waals surface area (Å²) in [4.78, 5) is 11.7. The number of amides is 1. The number of rotatable bonds is 5. The highest BCUT2D eigenvalue weighted by molar-refractivity contribution is 7.07. The number of carbonyl (C=O) groups excluding carboxylic acids is 1. The molecule has 2 rings (SSSR count). The minimum Gasteiger partial charge on any atom is -0.497 e. The highest BCUT2D eigenvalue weighted by atomic mass is 32.1. The average Bonchev–Trinajstić information content (AvgIpc) is 2.90. The van der Waals surface area contributed by atoms with Gasteiger partial charge in [0.05, 0.1) is 7.11 Å². The van der Waals surface area contributed by atoms with Gasteiger partial charge in [0.15, 0.2) is 0 Å². The van der Waals surface area contributed by atoms with Gasteiger partial charge in [-0.3, -0.25) is 4.79 Å². The quantitative estimate of drug-likeness (QED) is 0.896. The molecule has 3 nitrogen and oxygen atoms in total. The smallest absolute Gasteiger partial charge is 0.224 e. The number of ether oxygens (including phenoxy) is 1. The molecule has 0 saturated heterocycles. The molecule has 1 aromatic heterocycles. The van der Waals surface area contributed by atoms with Gasteiger partial charge in [-0.25, -0.2) is 0 Å². The van der Waals surface area contributed by atoms with Crippen molar-refractivity contribution in [3.05, 3.63) is 46.7 Å². The fraction of sp³-hybridized carbons (Fsp3) is 0.214. The van der Waals surface area contributed by atoms with Gasteiger partial charge in [0, 0.05) is 12.1 Å². The Labute approximate surface area is 110 Å². The third kappa shape index (κ3) is 3.60. The first-order chi connectivity index (χ1) is 8.78. The standard InChI is InChI=1S/C14H15NO2S/c1-17-13-5-3-12(4-6-13)15-14(16)7-2-11-8-9-18-10-11/h3-6,8-10H,2,7H2,1H3,(H,15,16). The van der Waals surface area contributed by atoms with Crippen LogP contribution in [0.5, 0.6) is 5.75 Å². The van der Waals surface area contributed by atoms with Crippen LogP contribution in [0, 0.1) is 0 Å². The molecule has 4 heteroatoms. The Morgan fingerprint density at radius 3 is 2.67 bits per heavy atom. The fourth-order valence-electron chi connectivity index (χ4n) is 1.59. The largest absolute Gasteiger partial charge is 0.497 e. The van der Waals surface area contributed by atoms with Crippen molar-refractivity contribution in [2.75, 3.05) is 12.4 Å². The third-order valence-electron chi connectivity index (χ3n) is 2.59. The molecule has 0 unspecified atom stereocenters. The zero-order chi connectivity index (χ0) is 12.8. The summed E-state index contributed by atoms with van der Waals surface area (Å²) in [5, 5.41) is 6.96. The van der Waals surface area contributed by atoms with Crippen LogP contribution >= 0.6 is 11.3 Å². The second kappa shape index (κ2) is 6.21. The highest BCUT2D eigenvalue weighted by Crippen LogP contribution is 2.15. The normalized spacial score (nSPS) is 10.1. The van der Waals surface area contributed by atoms with E-state index in [4.69, 9.17) is 4.74 Å². The van der Waals surface area contributed by atoms with E-state index in [9.17, 15) is 4.79 Å². The summed E-state index contributed by atoms with van der Waals surface area (Å²) in [6, 6.07) is 9.37. The molecule has 0 bridgehead atoms. The number of thiophene rings is 1. The molecule has 94 valence electrons. The zero-order valence-electron chi connectivity index (χ0n) is 10.2. The van der Waals surface area contributed by atoms with Gasteiger partial charge < -0.3 is 10.1 Å². The molecular weight excluding hydrogens is 246 g/mol.